The van der Waals surface area contributed by atoms with Crippen molar-refractivity contribution in [1.82, 2.24) is 10.2 Å². The number of nitrogens with one attached hydrogen (secondary N) is 1. The maximum absolute atomic E-state index is 11.8. The highest BCUT2D eigenvalue weighted by Crippen LogP contribution is 2.17. The van der Waals surface area contributed by atoms with Gasteiger partial charge in [0.05, 0.1) is 0 Å². The van der Waals surface area contributed by atoms with Gasteiger partial charge in [0, 0.05) is 18.9 Å². The first-order valence-electron chi connectivity index (χ1n) is 6.41. The van der Waals surface area contributed by atoms with Gasteiger partial charge in [0.15, 0.2) is 0 Å². The number of carboxylic acids is 1. The number of carboxylic acid groups (broad SMARTS) is 1. The molecule has 1 rings (SSSR count). The van der Waals surface area contributed by atoms with Gasteiger partial charge in [0.2, 0.25) is 11.8 Å². The lowest BCUT2D eigenvalue weighted by Gasteiger charge is -2.20. The highest BCUT2D eigenvalue weighted by atomic mass is 16.4. The average Bonchev–Trinajstić information content (AvgIpc) is 2.69. The first-order valence-corrected chi connectivity index (χ1v) is 6.41. The zero-order valence-electron chi connectivity index (χ0n) is 11.1. The number of hydrogen-bond donors (Lipinski definition) is 3. The van der Waals surface area contributed by atoms with Gasteiger partial charge in [0.1, 0.15) is 6.04 Å². The fraction of sp³-hybridized carbons (Fsp3) is 0.750. The maximum Gasteiger partial charge on any atom is 0.326 e. The van der Waals surface area contributed by atoms with Gasteiger partial charge in [-0.05, 0) is 32.9 Å². The molecule has 1 aliphatic heterocycles. The molecule has 2 amide bonds. The van der Waals surface area contributed by atoms with E-state index in [2.05, 4.69) is 10.2 Å². The Morgan fingerprint density at radius 2 is 2.16 bits per heavy atom. The zero-order valence-corrected chi connectivity index (χ0v) is 11.1. The minimum absolute atomic E-state index is 0.0247. The van der Waals surface area contributed by atoms with Crippen LogP contribution in [0.1, 0.15) is 32.1 Å². The van der Waals surface area contributed by atoms with E-state index in [1.807, 2.05) is 7.05 Å². The van der Waals surface area contributed by atoms with E-state index in [1.165, 1.54) is 0 Å². The molecule has 1 saturated heterocycles. The molecule has 0 aromatic heterocycles. The third-order valence-electron chi connectivity index (χ3n) is 3.41. The molecule has 1 heterocycles. The Morgan fingerprint density at radius 1 is 1.47 bits per heavy atom. The van der Waals surface area contributed by atoms with Crippen LogP contribution in [-0.4, -0.2) is 53.5 Å². The van der Waals surface area contributed by atoms with Gasteiger partial charge < -0.3 is 21.1 Å². The second-order valence-electron chi connectivity index (χ2n) is 4.94. The van der Waals surface area contributed by atoms with Gasteiger partial charge in [-0.3, -0.25) is 9.59 Å². The van der Waals surface area contributed by atoms with E-state index < -0.39 is 17.9 Å². The van der Waals surface area contributed by atoms with E-state index in [0.29, 0.717) is 0 Å². The van der Waals surface area contributed by atoms with Crippen molar-refractivity contribution < 1.29 is 19.5 Å². The number of nitrogens with two attached hydrogens (primary N) is 1. The molecule has 4 N–H and O–H groups in total. The topological polar surface area (TPSA) is 113 Å². The first-order chi connectivity index (χ1) is 8.90. The number of primary amides is 1. The summed E-state index contributed by atoms with van der Waals surface area (Å²) < 4.78 is 0. The molecule has 1 aliphatic rings. The number of amides is 2. The molecule has 0 bridgehead atoms. The molecule has 7 nitrogen and oxygen atoms in total. The molecule has 0 aromatic rings. The Kier molecular flexibility index (Phi) is 5.75. The molecule has 2 atom stereocenters. The lowest BCUT2D eigenvalue weighted by atomic mass is 10.1. The summed E-state index contributed by atoms with van der Waals surface area (Å²) in [6, 6.07) is -0.878. The molecule has 108 valence electrons. The highest BCUT2D eigenvalue weighted by Gasteiger charge is 2.26. The molecule has 0 saturated carbocycles. The van der Waals surface area contributed by atoms with Crippen molar-refractivity contribution in [3.63, 3.8) is 0 Å². The van der Waals surface area contributed by atoms with Crippen molar-refractivity contribution in [2.45, 2.75) is 44.2 Å². The van der Waals surface area contributed by atoms with Crippen molar-refractivity contribution in [3.05, 3.63) is 0 Å². The van der Waals surface area contributed by atoms with Crippen LogP contribution in [-0.2, 0) is 14.4 Å². The van der Waals surface area contributed by atoms with Crippen LogP contribution in [0.25, 0.3) is 0 Å². The normalized spacial score (nSPS) is 21.0. The molecule has 0 radical (unpaired) electrons. The number of carbonyl (C=O) groups is 3. The smallest absolute Gasteiger partial charge is 0.326 e. The lowest BCUT2D eigenvalue weighted by Crippen LogP contribution is -2.43. The third-order valence-corrected chi connectivity index (χ3v) is 3.41. The first kappa shape index (κ1) is 15.4. The second-order valence-corrected chi connectivity index (χ2v) is 4.94. The fourth-order valence-corrected chi connectivity index (χ4v) is 2.25. The maximum atomic E-state index is 11.8. The van der Waals surface area contributed by atoms with Crippen molar-refractivity contribution >= 4 is 17.8 Å². The van der Waals surface area contributed by atoms with Crippen molar-refractivity contribution in [1.29, 1.82) is 0 Å². The van der Waals surface area contributed by atoms with Crippen LogP contribution in [0.3, 0.4) is 0 Å². The van der Waals surface area contributed by atoms with E-state index in [0.717, 1.165) is 19.4 Å². The summed E-state index contributed by atoms with van der Waals surface area (Å²) in [5.74, 6) is -2.01. The Balaban J connectivity index is 2.42. The molecule has 0 aromatic carbocycles. The summed E-state index contributed by atoms with van der Waals surface area (Å²) in [6.45, 7) is 0.960. The average molecular weight is 271 g/mol. The van der Waals surface area contributed by atoms with E-state index >= 15 is 0 Å². The van der Waals surface area contributed by atoms with Crippen LogP contribution in [0.2, 0.25) is 0 Å². The number of likely N-dealkylation sites (tertiary alicyclic amines) is 1. The molecule has 1 fully saturated rings. The Morgan fingerprint density at radius 3 is 2.63 bits per heavy atom. The summed E-state index contributed by atoms with van der Waals surface area (Å²) in [5, 5.41) is 11.4. The van der Waals surface area contributed by atoms with E-state index in [4.69, 9.17) is 10.8 Å². The lowest BCUT2D eigenvalue weighted by molar-refractivity contribution is -0.142. The Hall–Kier alpha value is -1.63. The minimum atomic E-state index is -1.14. The minimum Gasteiger partial charge on any atom is -0.480 e. The number of rotatable bonds is 7. The van der Waals surface area contributed by atoms with Gasteiger partial charge in [-0.15, -0.1) is 0 Å². The van der Waals surface area contributed by atoms with E-state index in [-0.39, 0.29) is 31.2 Å². The van der Waals surface area contributed by atoms with Crippen LogP contribution < -0.4 is 11.1 Å². The van der Waals surface area contributed by atoms with Crippen LogP contribution >= 0.6 is 0 Å². The van der Waals surface area contributed by atoms with Crippen LogP contribution in [0.4, 0.5) is 0 Å². The number of carbonyl (C=O) groups excluding carboxylic acids is 2. The summed E-state index contributed by atoms with van der Waals surface area (Å²) in [5.41, 5.74) is 4.97. The third kappa shape index (κ3) is 5.25. The fourth-order valence-electron chi connectivity index (χ4n) is 2.25. The molecule has 0 spiro atoms. The molecule has 7 heteroatoms. The van der Waals surface area contributed by atoms with Crippen LogP contribution in [0.15, 0.2) is 0 Å². The second kappa shape index (κ2) is 7.08. The van der Waals surface area contributed by atoms with Gasteiger partial charge in [-0.25, -0.2) is 4.79 Å². The van der Waals surface area contributed by atoms with Crippen molar-refractivity contribution in [3.8, 4) is 0 Å². The van der Waals surface area contributed by atoms with Gasteiger partial charge >= 0.3 is 5.97 Å². The molecular weight excluding hydrogens is 250 g/mol. The molecule has 19 heavy (non-hydrogen) atoms. The molecular formula is C12H21N3O4. The Labute approximate surface area is 112 Å². The molecule has 0 aliphatic carbocycles. The summed E-state index contributed by atoms with van der Waals surface area (Å²) >= 11 is 0. The molecule has 1 unspecified atom stereocenters. The zero-order chi connectivity index (χ0) is 14.4. The summed E-state index contributed by atoms with van der Waals surface area (Å²) in [6.07, 6.45) is 2.26. The van der Waals surface area contributed by atoms with Crippen LogP contribution in [0.5, 0.6) is 0 Å². The van der Waals surface area contributed by atoms with Crippen LogP contribution in [0, 0.1) is 0 Å². The van der Waals surface area contributed by atoms with E-state index in [1.54, 1.807) is 0 Å². The highest BCUT2D eigenvalue weighted by molar-refractivity contribution is 5.84. The Bertz CT molecular complexity index is 359. The quantitative estimate of drug-likeness (QED) is 0.567. The summed E-state index contributed by atoms with van der Waals surface area (Å²) in [7, 11) is 1.95. The van der Waals surface area contributed by atoms with Crippen molar-refractivity contribution in [2.75, 3.05) is 13.6 Å². The predicted molar refractivity (Wildman–Crippen MR) is 68.3 cm³/mol. The number of nitrogens with zero attached hydrogens (tertiary/aromatic N) is 1. The SMILES string of the molecule is CN1CCCC1CC(=O)N[C@@H](CCC(N)=O)C(=O)O. The monoisotopic (exact) mass is 271 g/mol. The van der Waals surface area contributed by atoms with Gasteiger partial charge in [0.25, 0.3) is 0 Å². The summed E-state index contributed by atoms with van der Waals surface area (Å²) in [4.78, 5) is 35.5. The van der Waals surface area contributed by atoms with Gasteiger partial charge in [-0.1, -0.05) is 0 Å². The largest absolute Gasteiger partial charge is 0.480 e. The number of hydrogen-bond acceptors (Lipinski definition) is 4. The standard InChI is InChI=1S/C12H21N3O4/c1-15-6-2-3-8(15)7-11(17)14-9(12(18)19)4-5-10(13)16/h8-9H,2-7H2,1H3,(H2,13,16)(H,14,17)(H,18,19)/t8?,9-/m0/s1. The van der Waals surface area contributed by atoms with Crippen molar-refractivity contribution in [2.24, 2.45) is 5.73 Å². The predicted octanol–water partition coefficient (Wildman–Crippen LogP) is -0.694. The van der Waals surface area contributed by atoms with Gasteiger partial charge in [-0.2, -0.15) is 0 Å². The van der Waals surface area contributed by atoms with E-state index in [9.17, 15) is 14.4 Å². The number of aliphatic carboxylic acids is 1.